The monoisotopic (exact) mass is 450 g/mol. The first-order valence-corrected chi connectivity index (χ1v) is 11.4. The highest BCUT2D eigenvalue weighted by Crippen LogP contribution is 2.32. The number of rotatable bonds is 12. The molecule has 0 aromatic heterocycles. The third-order valence-electron chi connectivity index (χ3n) is 4.54. The van der Waals surface area contributed by atoms with Crippen LogP contribution in [0, 0.1) is 6.92 Å². The van der Waals surface area contributed by atoms with E-state index in [1.807, 2.05) is 13.8 Å². The number of hydrogen-bond donors (Lipinski definition) is 1. The molecule has 0 saturated carbocycles. The molecule has 1 amide bonds. The Morgan fingerprint density at radius 3 is 2.32 bits per heavy atom. The van der Waals surface area contributed by atoms with Crippen LogP contribution in [0.15, 0.2) is 47.4 Å². The summed E-state index contributed by atoms with van der Waals surface area (Å²) in [4.78, 5) is 12.5. The van der Waals surface area contributed by atoms with Crippen LogP contribution in [-0.4, -0.2) is 54.8 Å². The number of methoxy groups -OCH3 is 2. The first-order chi connectivity index (χ1) is 14.8. The highest BCUT2D eigenvalue weighted by atomic mass is 32.2. The van der Waals surface area contributed by atoms with Gasteiger partial charge in [0.15, 0.2) is 11.5 Å². The number of aryl methyl sites for hydroxylation is 1. The van der Waals surface area contributed by atoms with E-state index >= 15 is 0 Å². The van der Waals surface area contributed by atoms with Crippen LogP contribution in [-0.2, 0) is 19.6 Å². The Morgan fingerprint density at radius 1 is 1.03 bits per heavy atom. The zero-order chi connectivity index (χ0) is 22.9. The van der Waals surface area contributed by atoms with Gasteiger partial charge < -0.3 is 19.5 Å². The molecule has 0 heterocycles. The van der Waals surface area contributed by atoms with Gasteiger partial charge in [0.25, 0.3) is 10.0 Å². The summed E-state index contributed by atoms with van der Waals surface area (Å²) in [6.45, 7) is 4.99. The van der Waals surface area contributed by atoms with Crippen molar-refractivity contribution in [3.63, 3.8) is 0 Å². The van der Waals surface area contributed by atoms with E-state index in [-0.39, 0.29) is 17.2 Å². The number of anilines is 1. The standard InChI is InChI=1S/C22H30N2O6S/c1-5-30-14-6-13-23-22(25)16-24(18-9-7-17(2)8-10-18)31(26,27)19-11-12-20(28-3)21(15-19)29-4/h7-12,15H,5-6,13-14,16H2,1-4H3,(H,23,25). The summed E-state index contributed by atoms with van der Waals surface area (Å²) in [6, 6.07) is 11.3. The van der Waals surface area contributed by atoms with Crippen LogP contribution >= 0.6 is 0 Å². The Bertz CT molecular complexity index is 960. The van der Waals surface area contributed by atoms with Crippen LogP contribution in [0.25, 0.3) is 0 Å². The molecule has 0 spiro atoms. The number of sulfonamides is 1. The second-order valence-corrected chi connectivity index (χ2v) is 8.63. The molecule has 0 aliphatic rings. The Hall–Kier alpha value is -2.78. The lowest BCUT2D eigenvalue weighted by Gasteiger charge is -2.24. The van der Waals surface area contributed by atoms with Crippen LogP contribution in [0.3, 0.4) is 0 Å². The highest BCUT2D eigenvalue weighted by molar-refractivity contribution is 7.92. The van der Waals surface area contributed by atoms with Crippen molar-refractivity contribution in [1.82, 2.24) is 5.32 Å². The van der Waals surface area contributed by atoms with E-state index in [1.54, 1.807) is 24.3 Å². The fourth-order valence-electron chi connectivity index (χ4n) is 2.86. The lowest BCUT2D eigenvalue weighted by atomic mass is 10.2. The van der Waals surface area contributed by atoms with Crippen LogP contribution in [0.5, 0.6) is 11.5 Å². The topological polar surface area (TPSA) is 94.2 Å². The van der Waals surface area contributed by atoms with Gasteiger partial charge in [0.2, 0.25) is 5.91 Å². The molecule has 0 atom stereocenters. The van der Waals surface area contributed by atoms with Crippen molar-refractivity contribution in [2.75, 3.05) is 44.8 Å². The van der Waals surface area contributed by atoms with E-state index in [0.717, 1.165) is 9.87 Å². The molecule has 0 radical (unpaired) electrons. The van der Waals surface area contributed by atoms with Gasteiger partial charge in [0.05, 0.1) is 24.8 Å². The van der Waals surface area contributed by atoms with Gasteiger partial charge in [-0.1, -0.05) is 17.7 Å². The van der Waals surface area contributed by atoms with Crippen molar-refractivity contribution in [3.8, 4) is 11.5 Å². The maximum absolute atomic E-state index is 13.5. The van der Waals surface area contributed by atoms with E-state index in [4.69, 9.17) is 14.2 Å². The van der Waals surface area contributed by atoms with Crippen LogP contribution in [0.1, 0.15) is 18.9 Å². The summed E-state index contributed by atoms with van der Waals surface area (Å²) in [5.41, 5.74) is 1.37. The fourth-order valence-corrected chi connectivity index (χ4v) is 4.30. The van der Waals surface area contributed by atoms with Crippen molar-refractivity contribution in [1.29, 1.82) is 0 Å². The molecule has 0 aliphatic carbocycles. The smallest absolute Gasteiger partial charge is 0.264 e. The Kier molecular flexibility index (Phi) is 9.14. The van der Waals surface area contributed by atoms with Gasteiger partial charge in [0.1, 0.15) is 6.54 Å². The lowest BCUT2D eigenvalue weighted by molar-refractivity contribution is -0.119. The average molecular weight is 451 g/mol. The molecule has 0 fully saturated rings. The minimum atomic E-state index is -4.05. The van der Waals surface area contributed by atoms with Crippen molar-refractivity contribution in [3.05, 3.63) is 48.0 Å². The van der Waals surface area contributed by atoms with Gasteiger partial charge in [-0.15, -0.1) is 0 Å². The van der Waals surface area contributed by atoms with Crippen molar-refractivity contribution < 1.29 is 27.4 Å². The van der Waals surface area contributed by atoms with E-state index in [2.05, 4.69) is 5.32 Å². The maximum atomic E-state index is 13.5. The quantitative estimate of drug-likeness (QED) is 0.500. The third kappa shape index (κ3) is 6.60. The number of carbonyl (C=O) groups excluding carboxylic acids is 1. The molecule has 9 heteroatoms. The first kappa shape index (κ1) is 24.5. The van der Waals surface area contributed by atoms with Gasteiger partial charge in [-0.25, -0.2) is 8.42 Å². The molecule has 1 N–H and O–H groups in total. The molecule has 2 rings (SSSR count). The Labute approximate surface area is 184 Å². The molecule has 0 saturated heterocycles. The predicted octanol–water partition coefficient (Wildman–Crippen LogP) is 2.75. The third-order valence-corrected chi connectivity index (χ3v) is 6.31. The van der Waals surface area contributed by atoms with Crippen molar-refractivity contribution in [2.45, 2.75) is 25.2 Å². The fraction of sp³-hybridized carbons (Fsp3) is 0.409. The van der Waals surface area contributed by atoms with Crippen molar-refractivity contribution in [2.24, 2.45) is 0 Å². The number of amides is 1. The summed E-state index contributed by atoms with van der Waals surface area (Å²) < 4.78 is 43.7. The second kappa shape index (κ2) is 11.6. The predicted molar refractivity (Wildman–Crippen MR) is 119 cm³/mol. The SMILES string of the molecule is CCOCCCNC(=O)CN(c1ccc(C)cc1)S(=O)(=O)c1ccc(OC)c(OC)c1. The molecule has 2 aromatic rings. The summed E-state index contributed by atoms with van der Waals surface area (Å²) in [5.74, 6) is 0.296. The van der Waals surface area contributed by atoms with E-state index in [0.29, 0.717) is 37.6 Å². The molecule has 0 unspecified atom stereocenters. The molecule has 170 valence electrons. The normalized spacial score (nSPS) is 11.1. The molecular formula is C22H30N2O6S. The minimum Gasteiger partial charge on any atom is -0.493 e. The number of nitrogens with zero attached hydrogens (tertiary/aromatic N) is 1. The number of ether oxygens (including phenoxy) is 3. The number of benzene rings is 2. The number of hydrogen-bond acceptors (Lipinski definition) is 6. The van der Waals surface area contributed by atoms with Gasteiger partial charge in [-0.05, 0) is 44.5 Å². The van der Waals surface area contributed by atoms with E-state index < -0.39 is 15.9 Å². The Morgan fingerprint density at radius 2 is 1.71 bits per heavy atom. The van der Waals surface area contributed by atoms with Crippen LogP contribution in [0.4, 0.5) is 5.69 Å². The Balaban J connectivity index is 2.31. The molecule has 0 aliphatic heterocycles. The largest absolute Gasteiger partial charge is 0.493 e. The van der Waals surface area contributed by atoms with Gasteiger partial charge in [-0.2, -0.15) is 0 Å². The average Bonchev–Trinajstić information content (AvgIpc) is 2.77. The van der Waals surface area contributed by atoms with Crippen LogP contribution < -0.4 is 19.1 Å². The van der Waals surface area contributed by atoms with Crippen LogP contribution in [0.2, 0.25) is 0 Å². The summed E-state index contributed by atoms with van der Waals surface area (Å²) >= 11 is 0. The second-order valence-electron chi connectivity index (χ2n) is 6.76. The zero-order valence-electron chi connectivity index (χ0n) is 18.4. The summed E-state index contributed by atoms with van der Waals surface area (Å²) in [5, 5.41) is 2.75. The summed E-state index contributed by atoms with van der Waals surface area (Å²) in [6.07, 6.45) is 0.645. The van der Waals surface area contributed by atoms with Gasteiger partial charge in [-0.3, -0.25) is 9.10 Å². The minimum absolute atomic E-state index is 0.00475. The highest BCUT2D eigenvalue weighted by Gasteiger charge is 2.28. The van der Waals surface area contributed by atoms with Crippen molar-refractivity contribution >= 4 is 21.6 Å². The molecule has 8 nitrogen and oxygen atoms in total. The lowest BCUT2D eigenvalue weighted by Crippen LogP contribution is -2.41. The summed E-state index contributed by atoms with van der Waals surface area (Å²) in [7, 11) is -1.14. The van der Waals surface area contributed by atoms with E-state index in [1.165, 1.54) is 32.4 Å². The number of carbonyl (C=O) groups is 1. The van der Waals surface area contributed by atoms with Gasteiger partial charge in [0, 0.05) is 25.8 Å². The first-order valence-electron chi connectivity index (χ1n) is 9.99. The molecule has 0 bridgehead atoms. The van der Waals surface area contributed by atoms with E-state index in [9.17, 15) is 13.2 Å². The molecular weight excluding hydrogens is 420 g/mol. The molecule has 2 aromatic carbocycles. The zero-order valence-corrected chi connectivity index (χ0v) is 19.2. The molecule has 31 heavy (non-hydrogen) atoms. The van der Waals surface area contributed by atoms with Gasteiger partial charge >= 0.3 is 0 Å². The number of nitrogens with one attached hydrogen (secondary N) is 1. The maximum Gasteiger partial charge on any atom is 0.264 e.